The van der Waals surface area contributed by atoms with Crippen molar-refractivity contribution in [3.05, 3.63) is 25.4 Å². The van der Waals surface area contributed by atoms with Gasteiger partial charge >= 0.3 is 5.69 Å². The molecule has 0 aliphatic carbocycles. The third-order valence-corrected chi connectivity index (χ3v) is 2.40. The second-order valence-electron chi connectivity index (χ2n) is 2.24. The Morgan fingerprint density at radius 1 is 1.50 bits per heavy atom. The van der Waals surface area contributed by atoms with Crippen LogP contribution in [0.3, 0.4) is 0 Å². The van der Waals surface area contributed by atoms with E-state index in [1.54, 1.807) is 6.07 Å². The Bertz CT molecular complexity index is 489. The van der Waals surface area contributed by atoms with Crippen molar-refractivity contribution in [3.63, 3.8) is 0 Å². The minimum atomic E-state index is -0.244. The summed E-state index contributed by atoms with van der Waals surface area (Å²) in [4.78, 5) is 20.1. The lowest BCUT2D eigenvalue weighted by Crippen LogP contribution is -1.99. The van der Waals surface area contributed by atoms with E-state index < -0.39 is 0 Å². The Kier molecular flexibility index (Phi) is 1.84. The van der Waals surface area contributed by atoms with Crippen molar-refractivity contribution in [1.82, 2.24) is 15.0 Å². The maximum absolute atomic E-state index is 10.9. The molecule has 0 amide bonds. The van der Waals surface area contributed by atoms with Gasteiger partial charge in [-0.15, -0.1) is 0 Å². The summed E-state index contributed by atoms with van der Waals surface area (Å²) in [5.41, 5.74) is 1.14. The second kappa shape index (κ2) is 2.74. The quantitative estimate of drug-likeness (QED) is 0.572. The van der Waals surface area contributed by atoms with Gasteiger partial charge in [-0.1, -0.05) is 11.6 Å². The summed E-state index contributed by atoms with van der Waals surface area (Å²) in [7, 11) is 0. The number of halogens is 2. The van der Waals surface area contributed by atoms with Crippen LogP contribution in [-0.4, -0.2) is 15.0 Å². The third-order valence-electron chi connectivity index (χ3n) is 1.43. The Morgan fingerprint density at radius 2 is 2.25 bits per heavy atom. The molecule has 4 nitrogen and oxygen atoms in total. The summed E-state index contributed by atoms with van der Waals surface area (Å²) < 4.78 is 0.688. The molecule has 0 aromatic carbocycles. The number of nitrogens with one attached hydrogen (secondary N) is 2. The minimum absolute atomic E-state index is 0.244. The number of pyridine rings is 1. The average molecular weight is 295 g/mol. The molecule has 2 heterocycles. The predicted molar refractivity (Wildman–Crippen MR) is 54.4 cm³/mol. The van der Waals surface area contributed by atoms with Gasteiger partial charge in [-0.05, 0) is 22.6 Å². The molecule has 0 spiro atoms. The fourth-order valence-electron chi connectivity index (χ4n) is 0.969. The van der Waals surface area contributed by atoms with E-state index in [1.165, 1.54) is 0 Å². The number of hydrogen-bond donors (Lipinski definition) is 2. The number of imidazole rings is 1. The molecule has 2 aromatic rings. The van der Waals surface area contributed by atoms with E-state index in [0.717, 1.165) is 0 Å². The third kappa shape index (κ3) is 1.22. The van der Waals surface area contributed by atoms with Crippen LogP contribution in [0.15, 0.2) is 10.9 Å². The zero-order valence-corrected chi connectivity index (χ0v) is 8.60. The molecule has 0 aliphatic heterocycles. The normalized spacial score (nSPS) is 10.8. The van der Waals surface area contributed by atoms with Gasteiger partial charge in [-0.3, -0.25) is 0 Å². The van der Waals surface area contributed by atoms with E-state index in [9.17, 15) is 4.79 Å². The monoisotopic (exact) mass is 295 g/mol. The highest BCUT2D eigenvalue weighted by Gasteiger charge is 2.04. The Hall–Kier alpha value is -0.560. The number of fused-ring (bicyclic) bond motifs is 1. The largest absolute Gasteiger partial charge is 0.323 e. The van der Waals surface area contributed by atoms with Crippen LogP contribution in [0.5, 0.6) is 0 Å². The average Bonchev–Trinajstić information content (AvgIpc) is 2.29. The van der Waals surface area contributed by atoms with Crippen molar-refractivity contribution in [2.45, 2.75) is 0 Å². The summed E-state index contributed by atoms with van der Waals surface area (Å²) in [5.74, 6) is 0. The molecule has 0 bridgehead atoms. The topological polar surface area (TPSA) is 61.5 Å². The number of hydrogen-bond acceptors (Lipinski definition) is 2. The zero-order chi connectivity index (χ0) is 8.72. The molecule has 0 radical (unpaired) electrons. The van der Waals surface area contributed by atoms with Gasteiger partial charge in [0.25, 0.3) is 0 Å². The van der Waals surface area contributed by atoms with Gasteiger partial charge < -0.3 is 9.97 Å². The molecule has 6 heteroatoms. The predicted octanol–water partition coefficient (Wildman–Crippen LogP) is 1.51. The molecule has 0 aliphatic rings. The van der Waals surface area contributed by atoms with Crippen LogP contribution in [0.1, 0.15) is 0 Å². The van der Waals surface area contributed by atoms with Crippen LogP contribution in [0, 0.1) is 3.70 Å². The zero-order valence-electron chi connectivity index (χ0n) is 5.69. The highest BCUT2D eigenvalue weighted by atomic mass is 127. The van der Waals surface area contributed by atoms with E-state index >= 15 is 0 Å². The van der Waals surface area contributed by atoms with Crippen LogP contribution in [0.2, 0.25) is 5.15 Å². The second-order valence-corrected chi connectivity index (χ2v) is 3.65. The van der Waals surface area contributed by atoms with Crippen LogP contribution < -0.4 is 5.69 Å². The van der Waals surface area contributed by atoms with E-state index in [2.05, 4.69) is 15.0 Å². The number of nitrogens with zero attached hydrogens (tertiary/aromatic N) is 1. The maximum atomic E-state index is 10.9. The summed E-state index contributed by atoms with van der Waals surface area (Å²) >= 11 is 7.69. The van der Waals surface area contributed by atoms with Crippen LogP contribution in [0.4, 0.5) is 0 Å². The van der Waals surface area contributed by atoms with E-state index in [4.69, 9.17) is 11.6 Å². The Labute approximate surface area is 85.5 Å². The summed E-state index contributed by atoms with van der Waals surface area (Å²) in [5, 5.41) is 0.377. The van der Waals surface area contributed by atoms with Gasteiger partial charge in [0.05, 0.1) is 11.0 Å². The molecule has 2 aromatic heterocycles. The first-order valence-corrected chi connectivity index (χ1v) is 4.56. The Morgan fingerprint density at radius 3 is 3.00 bits per heavy atom. The highest BCUT2D eigenvalue weighted by Crippen LogP contribution is 2.17. The molecular formula is C6H3ClIN3O. The van der Waals surface area contributed by atoms with Crippen LogP contribution in [0.25, 0.3) is 11.0 Å². The van der Waals surface area contributed by atoms with Gasteiger partial charge in [0.2, 0.25) is 0 Å². The maximum Gasteiger partial charge on any atom is 0.323 e. The van der Waals surface area contributed by atoms with Crippen molar-refractivity contribution in [2.75, 3.05) is 0 Å². The fraction of sp³-hybridized carbons (Fsp3) is 0. The summed E-state index contributed by atoms with van der Waals surface area (Å²) in [6, 6.07) is 1.61. The van der Waals surface area contributed by atoms with Crippen molar-refractivity contribution in [3.8, 4) is 0 Å². The van der Waals surface area contributed by atoms with Gasteiger partial charge in [0.15, 0.2) is 0 Å². The SMILES string of the molecule is O=c1[nH]c2cc(Cl)nc(I)c2[nH]1. The lowest BCUT2D eigenvalue weighted by molar-refractivity contribution is 1.21. The van der Waals surface area contributed by atoms with Gasteiger partial charge in [0.1, 0.15) is 8.85 Å². The van der Waals surface area contributed by atoms with E-state index in [1.807, 2.05) is 22.6 Å². The van der Waals surface area contributed by atoms with Crippen molar-refractivity contribution in [1.29, 1.82) is 0 Å². The molecular weight excluding hydrogens is 292 g/mol. The number of aromatic nitrogens is 3. The molecule has 62 valence electrons. The molecule has 2 rings (SSSR count). The van der Waals surface area contributed by atoms with E-state index in [0.29, 0.717) is 19.9 Å². The van der Waals surface area contributed by atoms with E-state index in [-0.39, 0.29) is 5.69 Å². The summed E-state index contributed by atoms with van der Waals surface area (Å²) in [6.07, 6.45) is 0. The number of H-pyrrole nitrogens is 2. The lowest BCUT2D eigenvalue weighted by Gasteiger charge is -1.92. The van der Waals surface area contributed by atoms with Crippen LogP contribution in [-0.2, 0) is 0 Å². The number of rotatable bonds is 0. The first kappa shape index (κ1) is 8.06. The molecule has 0 saturated heterocycles. The Balaban J connectivity index is 2.97. The first-order valence-electron chi connectivity index (χ1n) is 3.11. The van der Waals surface area contributed by atoms with Gasteiger partial charge in [0, 0.05) is 6.07 Å². The lowest BCUT2D eigenvalue weighted by atomic mass is 10.4. The van der Waals surface area contributed by atoms with Crippen molar-refractivity contribution >= 4 is 45.2 Å². The highest BCUT2D eigenvalue weighted by molar-refractivity contribution is 14.1. The fourth-order valence-corrected chi connectivity index (χ4v) is 1.99. The minimum Gasteiger partial charge on any atom is -0.306 e. The molecule has 0 unspecified atom stereocenters. The molecule has 0 atom stereocenters. The number of aromatic amines is 2. The summed E-state index contributed by atoms with van der Waals surface area (Å²) in [6.45, 7) is 0. The van der Waals surface area contributed by atoms with Crippen LogP contribution >= 0.6 is 34.2 Å². The van der Waals surface area contributed by atoms with Gasteiger partial charge in [-0.25, -0.2) is 9.78 Å². The molecule has 2 N–H and O–H groups in total. The molecule has 0 saturated carbocycles. The van der Waals surface area contributed by atoms with Crippen molar-refractivity contribution in [2.24, 2.45) is 0 Å². The molecule has 0 fully saturated rings. The smallest absolute Gasteiger partial charge is 0.306 e. The van der Waals surface area contributed by atoms with Crippen molar-refractivity contribution < 1.29 is 0 Å². The van der Waals surface area contributed by atoms with Gasteiger partial charge in [-0.2, -0.15) is 0 Å². The standard InChI is InChI=1S/C6H3ClIN3O/c7-3-1-2-4(5(8)10-3)11-6(12)9-2/h1H,(H2,9,11,12). The first-order chi connectivity index (χ1) is 5.66. The molecule has 12 heavy (non-hydrogen) atoms.